The van der Waals surface area contributed by atoms with Gasteiger partial charge in [0, 0.05) is 23.0 Å². The van der Waals surface area contributed by atoms with Crippen molar-refractivity contribution in [1.82, 2.24) is 15.3 Å². The first kappa shape index (κ1) is 20.2. The summed E-state index contributed by atoms with van der Waals surface area (Å²) in [6.07, 6.45) is 2.77. The molecule has 5 nitrogen and oxygen atoms in total. The summed E-state index contributed by atoms with van der Waals surface area (Å²) in [6.45, 7) is -0.705. The average Bonchev–Trinajstić information content (AvgIpc) is 3.37. The van der Waals surface area contributed by atoms with Crippen LogP contribution in [-0.2, 0) is 19.4 Å². The number of thiophene rings is 1. The van der Waals surface area contributed by atoms with Gasteiger partial charge in [-0.15, -0.1) is 11.3 Å². The van der Waals surface area contributed by atoms with Crippen LogP contribution in [0.3, 0.4) is 0 Å². The normalized spacial score (nSPS) is 15.8. The summed E-state index contributed by atoms with van der Waals surface area (Å²) in [4.78, 5) is 25.9. The Morgan fingerprint density at radius 2 is 1.94 bits per heavy atom. The second-order valence-corrected chi connectivity index (χ2v) is 9.17. The summed E-state index contributed by atoms with van der Waals surface area (Å²) in [5, 5.41) is 3.08. The first-order valence-electron chi connectivity index (χ1n) is 10.3. The van der Waals surface area contributed by atoms with Crippen LogP contribution in [0.15, 0.2) is 30.6 Å². The van der Waals surface area contributed by atoms with E-state index in [2.05, 4.69) is 14.9 Å². The lowest BCUT2D eigenvalue weighted by Crippen LogP contribution is -2.33. The maximum atomic E-state index is 12.3. The third-order valence-electron chi connectivity index (χ3n) is 5.76. The van der Waals surface area contributed by atoms with Crippen molar-refractivity contribution in [3.05, 3.63) is 52.2 Å². The van der Waals surface area contributed by atoms with Crippen molar-refractivity contribution < 1.29 is 18.0 Å². The molecule has 9 heteroatoms. The fourth-order valence-electron chi connectivity index (χ4n) is 4.13. The number of amides is 1. The molecule has 162 valence electrons. The summed E-state index contributed by atoms with van der Waals surface area (Å²) in [6, 6.07) is 7.17. The van der Waals surface area contributed by atoms with Crippen LogP contribution in [0.1, 0.15) is 45.6 Å². The fourth-order valence-corrected chi connectivity index (χ4v) is 5.36. The van der Waals surface area contributed by atoms with Crippen LogP contribution in [0.25, 0.3) is 10.2 Å². The number of aromatic nitrogens is 2. The van der Waals surface area contributed by atoms with Gasteiger partial charge in [-0.2, -0.15) is 13.2 Å². The van der Waals surface area contributed by atoms with Crippen LogP contribution >= 0.6 is 11.3 Å². The molecule has 0 atom stereocenters. The minimum atomic E-state index is -4.43. The number of carbonyl (C=O) groups is 1. The lowest BCUT2D eigenvalue weighted by molar-refractivity contribution is -0.123. The molecule has 1 N–H and O–H groups in total. The summed E-state index contributed by atoms with van der Waals surface area (Å²) in [5.41, 5.74) is 2.59. The molecule has 0 spiro atoms. The van der Waals surface area contributed by atoms with Crippen molar-refractivity contribution in [2.45, 2.75) is 50.9 Å². The van der Waals surface area contributed by atoms with E-state index in [9.17, 15) is 18.0 Å². The predicted molar refractivity (Wildman–Crippen MR) is 113 cm³/mol. The van der Waals surface area contributed by atoms with Gasteiger partial charge in [-0.05, 0) is 55.4 Å². The minimum absolute atomic E-state index is 0.214. The van der Waals surface area contributed by atoms with Crippen molar-refractivity contribution in [3.63, 3.8) is 0 Å². The van der Waals surface area contributed by atoms with E-state index in [0.29, 0.717) is 12.6 Å². The molecule has 0 unspecified atom stereocenters. The quantitative estimate of drug-likeness (QED) is 0.599. The molecule has 0 radical (unpaired) electrons. The maximum Gasteiger partial charge on any atom is 0.405 e. The van der Waals surface area contributed by atoms with Gasteiger partial charge in [-0.3, -0.25) is 4.79 Å². The van der Waals surface area contributed by atoms with E-state index in [1.165, 1.54) is 22.2 Å². The van der Waals surface area contributed by atoms with Crippen molar-refractivity contribution in [2.24, 2.45) is 0 Å². The molecular weight excluding hydrogens is 425 g/mol. The van der Waals surface area contributed by atoms with Crippen LogP contribution in [-0.4, -0.2) is 34.6 Å². The van der Waals surface area contributed by atoms with Crippen LogP contribution in [0, 0.1) is 0 Å². The molecular formula is C22H21F3N4OS. The molecule has 2 aliphatic rings. The molecule has 1 amide bonds. The van der Waals surface area contributed by atoms with Crippen LogP contribution < -0.4 is 10.2 Å². The molecule has 1 fully saturated rings. The smallest absolute Gasteiger partial charge is 0.349 e. The Morgan fingerprint density at radius 1 is 1.16 bits per heavy atom. The molecule has 1 saturated carbocycles. The molecule has 2 heterocycles. The summed E-state index contributed by atoms with van der Waals surface area (Å²) in [5.74, 6) is 0.244. The van der Waals surface area contributed by atoms with Gasteiger partial charge >= 0.3 is 6.18 Å². The van der Waals surface area contributed by atoms with Crippen LogP contribution in [0.5, 0.6) is 0 Å². The Bertz CT molecular complexity index is 1120. The lowest BCUT2D eigenvalue weighted by Gasteiger charge is -2.24. The van der Waals surface area contributed by atoms with E-state index in [1.807, 2.05) is 5.32 Å². The zero-order valence-electron chi connectivity index (χ0n) is 16.7. The van der Waals surface area contributed by atoms with Gasteiger partial charge in [0.25, 0.3) is 5.91 Å². The molecule has 31 heavy (non-hydrogen) atoms. The predicted octanol–water partition coefficient (Wildman–Crippen LogP) is 4.64. The highest BCUT2D eigenvalue weighted by Gasteiger charge is 2.33. The standard InChI is InChI=1S/C22H21F3N4OS/c23-22(24,25)11-26-20(30)14-6-4-13(5-7-14)10-29(15-8-9-15)19-18-16-2-1-3-17(16)31-21(18)28-12-27-19/h4-7,12,15H,1-3,8-11H2,(H,26,30). The third-order valence-corrected chi connectivity index (χ3v) is 6.96. The Balaban J connectivity index is 1.37. The van der Waals surface area contributed by atoms with Gasteiger partial charge in [0.05, 0.1) is 5.39 Å². The Morgan fingerprint density at radius 3 is 2.65 bits per heavy atom. The highest BCUT2D eigenvalue weighted by molar-refractivity contribution is 7.19. The molecule has 0 aliphatic heterocycles. The summed E-state index contributed by atoms with van der Waals surface area (Å²) >= 11 is 1.77. The van der Waals surface area contributed by atoms with E-state index < -0.39 is 18.6 Å². The molecule has 3 aromatic rings. The highest BCUT2D eigenvalue weighted by atomic mass is 32.1. The molecule has 0 bridgehead atoms. The van der Waals surface area contributed by atoms with Crippen molar-refractivity contribution >= 4 is 33.3 Å². The molecule has 2 aromatic heterocycles. The van der Waals surface area contributed by atoms with E-state index in [4.69, 9.17) is 0 Å². The summed E-state index contributed by atoms with van der Waals surface area (Å²) in [7, 11) is 0. The minimum Gasteiger partial charge on any atom is -0.349 e. The average molecular weight is 446 g/mol. The van der Waals surface area contributed by atoms with E-state index >= 15 is 0 Å². The topological polar surface area (TPSA) is 58.1 Å². The fraction of sp³-hybridized carbons (Fsp3) is 0.409. The second-order valence-electron chi connectivity index (χ2n) is 8.09. The number of halogens is 3. The van der Waals surface area contributed by atoms with E-state index in [-0.39, 0.29) is 5.56 Å². The van der Waals surface area contributed by atoms with Gasteiger partial charge in [0.1, 0.15) is 23.5 Å². The van der Waals surface area contributed by atoms with Crippen LogP contribution in [0.4, 0.5) is 19.0 Å². The lowest BCUT2D eigenvalue weighted by atomic mass is 10.1. The van der Waals surface area contributed by atoms with E-state index in [0.717, 1.165) is 41.9 Å². The Kier molecular flexibility index (Phi) is 5.08. The van der Waals surface area contributed by atoms with Gasteiger partial charge in [0.15, 0.2) is 0 Å². The highest BCUT2D eigenvalue weighted by Crippen LogP contribution is 2.43. The molecule has 0 saturated heterocycles. The number of nitrogens with zero attached hydrogens (tertiary/aromatic N) is 3. The van der Waals surface area contributed by atoms with E-state index in [1.54, 1.807) is 41.9 Å². The van der Waals surface area contributed by atoms with Gasteiger partial charge in [-0.1, -0.05) is 12.1 Å². The van der Waals surface area contributed by atoms with Crippen molar-refractivity contribution in [1.29, 1.82) is 0 Å². The first-order chi connectivity index (χ1) is 14.9. The number of anilines is 1. The van der Waals surface area contributed by atoms with Crippen molar-refractivity contribution in [2.75, 3.05) is 11.4 Å². The number of hydrogen-bond donors (Lipinski definition) is 1. The first-order valence-corrected chi connectivity index (χ1v) is 11.2. The number of nitrogens with one attached hydrogen (secondary N) is 1. The SMILES string of the molecule is O=C(NCC(F)(F)F)c1ccc(CN(c2ncnc3sc4c(c23)CCC4)C2CC2)cc1. The monoisotopic (exact) mass is 446 g/mol. The third kappa shape index (κ3) is 4.23. The zero-order valence-corrected chi connectivity index (χ0v) is 17.5. The Labute approximate surface area is 181 Å². The number of aryl methyl sites for hydroxylation is 2. The summed E-state index contributed by atoms with van der Waals surface area (Å²) < 4.78 is 37.0. The number of hydrogen-bond acceptors (Lipinski definition) is 5. The number of alkyl halides is 3. The number of fused-ring (bicyclic) bond motifs is 3. The maximum absolute atomic E-state index is 12.3. The number of rotatable bonds is 6. The van der Waals surface area contributed by atoms with Crippen LogP contribution in [0.2, 0.25) is 0 Å². The van der Waals surface area contributed by atoms with Gasteiger partial charge in [0.2, 0.25) is 0 Å². The molecule has 2 aliphatic carbocycles. The zero-order chi connectivity index (χ0) is 21.6. The van der Waals surface area contributed by atoms with Gasteiger partial charge in [-0.25, -0.2) is 9.97 Å². The second kappa shape index (κ2) is 7.78. The number of benzene rings is 1. The van der Waals surface area contributed by atoms with Gasteiger partial charge < -0.3 is 10.2 Å². The molecule has 1 aromatic carbocycles. The number of carbonyl (C=O) groups excluding carboxylic acids is 1. The molecule has 5 rings (SSSR count). The largest absolute Gasteiger partial charge is 0.405 e. The van der Waals surface area contributed by atoms with Crippen molar-refractivity contribution in [3.8, 4) is 0 Å². The Hall–Kier alpha value is -2.68.